The first kappa shape index (κ1) is 20.0. The number of hydrogen-bond donors (Lipinski definition) is 2. The van der Waals surface area contributed by atoms with Gasteiger partial charge in [0.05, 0.1) is 6.54 Å². The quantitative estimate of drug-likeness (QED) is 0.317. The van der Waals surface area contributed by atoms with Crippen LogP contribution in [0.15, 0.2) is 41.4 Å². The maximum Gasteiger partial charge on any atom is 0.191 e. The molecule has 1 aliphatic carbocycles. The zero-order valence-corrected chi connectivity index (χ0v) is 16.7. The van der Waals surface area contributed by atoms with Crippen molar-refractivity contribution in [3.8, 4) is 0 Å². The van der Waals surface area contributed by atoms with Crippen LogP contribution in [0.5, 0.6) is 0 Å². The van der Waals surface area contributed by atoms with Crippen LogP contribution in [-0.4, -0.2) is 37.5 Å². The smallest absolute Gasteiger partial charge is 0.191 e. The van der Waals surface area contributed by atoms with E-state index in [1.807, 2.05) is 0 Å². The largest absolute Gasteiger partial charge is 0.357 e. The Morgan fingerprint density at radius 1 is 1.13 bits per heavy atom. The summed E-state index contributed by atoms with van der Waals surface area (Å²) in [6, 6.07) is 9.20. The molecule has 128 valence electrons. The molecule has 0 aliphatic heterocycles. The molecule has 0 amide bonds. The Morgan fingerprint density at radius 3 is 2.30 bits per heavy atom. The average molecular weight is 428 g/mol. The van der Waals surface area contributed by atoms with E-state index in [2.05, 4.69) is 73.0 Å². The van der Waals surface area contributed by atoms with Crippen LogP contribution in [0.2, 0.25) is 0 Å². The summed E-state index contributed by atoms with van der Waals surface area (Å²) >= 11 is 0. The Hall–Kier alpha value is -1.08. The fourth-order valence-electron chi connectivity index (χ4n) is 2.53. The van der Waals surface area contributed by atoms with Crippen molar-refractivity contribution in [1.82, 2.24) is 15.5 Å². The number of halogens is 1. The van der Waals surface area contributed by atoms with Gasteiger partial charge in [-0.15, -0.1) is 24.0 Å². The summed E-state index contributed by atoms with van der Waals surface area (Å²) in [7, 11) is 4.18. The summed E-state index contributed by atoms with van der Waals surface area (Å²) in [5.74, 6) is 0.911. The van der Waals surface area contributed by atoms with Crippen LogP contribution in [0.1, 0.15) is 30.9 Å². The fraction of sp³-hybridized carbons (Fsp3) is 0.500. The van der Waals surface area contributed by atoms with Gasteiger partial charge in [0, 0.05) is 19.1 Å². The number of nitrogens with zero attached hydrogens (tertiary/aromatic N) is 2. The van der Waals surface area contributed by atoms with Gasteiger partial charge in [-0.25, -0.2) is 4.99 Å². The maximum absolute atomic E-state index is 4.69. The second kappa shape index (κ2) is 10.6. The lowest BCUT2D eigenvalue weighted by molar-refractivity contribution is 0.402. The SMILES string of the molecule is CCNC(=NCc1ccc(CN(C)C)cc1)NC1CC=CC1.I. The third-order valence-corrected chi connectivity index (χ3v) is 3.63. The Kier molecular flexibility index (Phi) is 9.24. The molecule has 0 spiro atoms. The number of aliphatic imine (C=N–C) groups is 1. The molecular formula is C18H29IN4. The van der Waals surface area contributed by atoms with E-state index in [1.165, 1.54) is 11.1 Å². The third-order valence-electron chi connectivity index (χ3n) is 3.63. The second-order valence-electron chi connectivity index (χ2n) is 6.03. The van der Waals surface area contributed by atoms with Crippen molar-refractivity contribution in [3.05, 3.63) is 47.5 Å². The maximum atomic E-state index is 4.69. The average Bonchev–Trinajstić information content (AvgIpc) is 2.99. The van der Waals surface area contributed by atoms with Crippen molar-refractivity contribution in [2.75, 3.05) is 20.6 Å². The van der Waals surface area contributed by atoms with Gasteiger partial charge in [0.25, 0.3) is 0 Å². The van der Waals surface area contributed by atoms with Gasteiger partial charge >= 0.3 is 0 Å². The van der Waals surface area contributed by atoms with Crippen LogP contribution in [0.3, 0.4) is 0 Å². The molecule has 0 bridgehead atoms. The standard InChI is InChI=1S/C18H28N4.HI/c1-4-19-18(21-17-7-5-6-8-17)20-13-15-9-11-16(12-10-15)14-22(2)3;/h5-6,9-12,17H,4,7-8,13-14H2,1-3H3,(H2,19,20,21);1H. The van der Waals surface area contributed by atoms with E-state index in [9.17, 15) is 0 Å². The minimum atomic E-state index is 0. The van der Waals surface area contributed by atoms with E-state index in [4.69, 9.17) is 4.99 Å². The van der Waals surface area contributed by atoms with Crippen LogP contribution < -0.4 is 10.6 Å². The molecule has 0 radical (unpaired) electrons. The minimum absolute atomic E-state index is 0. The number of nitrogens with one attached hydrogen (secondary N) is 2. The molecule has 0 saturated carbocycles. The summed E-state index contributed by atoms with van der Waals surface area (Å²) in [6.07, 6.45) is 6.63. The van der Waals surface area contributed by atoms with Crippen molar-refractivity contribution < 1.29 is 0 Å². The Bertz CT molecular complexity index is 500. The van der Waals surface area contributed by atoms with Gasteiger partial charge in [0.15, 0.2) is 5.96 Å². The molecule has 1 aliphatic rings. The molecule has 2 rings (SSSR count). The molecule has 5 heteroatoms. The summed E-state index contributed by atoms with van der Waals surface area (Å²) in [5, 5.41) is 6.82. The van der Waals surface area contributed by atoms with Gasteiger partial charge in [0.1, 0.15) is 0 Å². The lowest BCUT2D eigenvalue weighted by Crippen LogP contribution is -2.42. The molecule has 0 fully saturated rings. The van der Waals surface area contributed by atoms with E-state index in [-0.39, 0.29) is 24.0 Å². The molecular weight excluding hydrogens is 399 g/mol. The molecule has 0 unspecified atom stereocenters. The van der Waals surface area contributed by atoms with Crippen LogP contribution in [-0.2, 0) is 13.1 Å². The monoisotopic (exact) mass is 428 g/mol. The van der Waals surface area contributed by atoms with E-state index < -0.39 is 0 Å². The first-order chi connectivity index (χ1) is 10.7. The normalized spacial score (nSPS) is 14.9. The van der Waals surface area contributed by atoms with Crippen molar-refractivity contribution in [3.63, 3.8) is 0 Å². The highest BCUT2D eigenvalue weighted by molar-refractivity contribution is 14.0. The molecule has 23 heavy (non-hydrogen) atoms. The number of hydrogen-bond acceptors (Lipinski definition) is 2. The van der Waals surface area contributed by atoms with Crippen LogP contribution in [0.25, 0.3) is 0 Å². The Morgan fingerprint density at radius 2 is 1.74 bits per heavy atom. The topological polar surface area (TPSA) is 39.7 Å². The predicted octanol–water partition coefficient (Wildman–Crippen LogP) is 3.14. The summed E-state index contributed by atoms with van der Waals surface area (Å²) in [5.41, 5.74) is 2.57. The lowest BCUT2D eigenvalue weighted by atomic mass is 10.1. The van der Waals surface area contributed by atoms with E-state index in [0.717, 1.165) is 31.9 Å². The highest BCUT2D eigenvalue weighted by Gasteiger charge is 2.11. The summed E-state index contributed by atoms with van der Waals surface area (Å²) < 4.78 is 0. The second-order valence-corrected chi connectivity index (χ2v) is 6.03. The van der Waals surface area contributed by atoms with E-state index in [0.29, 0.717) is 12.6 Å². The number of guanidine groups is 1. The molecule has 2 N–H and O–H groups in total. The Labute approximate surface area is 157 Å². The van der Waals surface area contributed by atoms with Gasteiger partial charge in [-0.05, 0) is 45.0 Å². The van der Waals surface area contributed by atoms with Crippen LogP contribution in [0.4, 0.5) is 0 Å². The van der Waals surface area contributed by atoms with Crippen LogP contribution >= 0.6 is 24.0 Å². The fourth-order valence-corrected chi connectivity index (χ4v) is 2.53. The highest BCUT2D eigenvalue weighted by atomic mass is 127. The van der Waals surface area contributed by atoms with Gasteiger partial charge < -0.3 is 15.5 Å². The summed E-state index contributed by atoms with van der Waals surface area (Å²) in [6.45, 7) is 4.66. The number of benzene rings is 1. The molecule has 4 nitrogen and oxygen atoms in total. The molecule has 0 atom stereocenters. The van der Waals surface area contributed by atoms with Crippen molar-refractivity contribution in [1.29, 1.82) is 0 Å². The molecule has 0 aromatic heterocycles. The van der Waals surface area contributed by atoms with Crippen molar-refractivity contribution in [2.24, 2.45) is 4.99 Å². The summed E-state index contributed by atoms with van der Waals surface area (Å²) in [4.78, 5) is 6.87. The van der Waals surface area contributed by atoms with Crippen molar-refractivity contribution in [2.45, 2.75) is 38.9 Å². The first-order valence-electron chi connectivity index (χ1n) is 8.09. The minimum Gasteiger partial charge on any atom is -0.357 e. The van der Waals surface area contributed by atoms with Crippen molar-refractivity contribution >= 4 is 29.9 Å². The predicted molar refractivity (Wildman–Crippen MR) is 109 cm³/mol. The van der Waals surface area contributed by atoms with Crippen LogP contribution in [0, 0.1) is 0 Å². The molecule has 1 aromatic rings. The molecule has 1 aromatic carbocycles. The molecule has 0 saturated heterocycles. The Balaban J connectivity index is 0.00000264. The lowest BCUT2D eigenvalue weighted by Gasteiger charge is -2.16. The van der Waals surface area contributed by atoms with Gasteiger partial charge in [-0.2, -0.15) is 0 Å². The highest BCUT2D eigenvalue weighted by Crippen LogP contribution is 2.10. The number of rotatable bonds is 6. The van der Waals surface area contributed by atoms with Gasteiger partial charge in [-0.1, -0.05) is 36.4 Å². The van der Waals surface area contributed by atoms with E-state index in [1.54, 1.807) is 0 Å². The third kappa shape index (κ3) is 7.35. The first-order valence-corrected chi connectivity index (χ1v) is 8.09. The van der Waals surface area contributed by atoms with Gasteiger partial charge in [-0.3, -0.25) is 0 Å². The van der Waals surface area contributed by atoms with Gasteiger partial charge in [0.2, 0.25) is 0 Å². The zero-order chi connectivity index (χ0) is 15.8. The van der Waals surface area contributed by atoms with E-state index >= 15 is 0 Å². The zero-order valence-electron chi connectivity index (χ0n) is 14.4. The molecule has 0 heterocycles.